The van der Waals surface area contributed by atoms with E-state index in [0.717, 1.165) is 29.0 Å². The van der Waals surface area contributed by atoms with E-state index < -0.39 is 17.2 Å². The van der Waals surface area contributed by atoms with Crippen molar-refractivity contribution in [3.8, 4) is 5.75 Å². The van der Waals surface area contributed by atoms with Crippen molar-refractivity contribution in [3.63, 3.8) is 0 Å². The van der Waals surface area contributed by atoms with Crippen molar-refractivity contribution in [1.29, 1.82) is 0 Å². The molecule has 1 aliphatic heterocycles. The van der Waals surface area contributed by atoms with Crippen LogP contribution >= 0.6 is 0 Å². The molecular formula is C22H28N6O5. The average molecular weight is 457 g/mol. The Morgan fingerprint density at radius 2 is 1.88 bits per heavy atom. The average Bonchev–Trinajstić information content (AvgIpc) is 3.23. The molecule has 1 unspecified atom stereocenters. The van der Waals surface area contributed by atoms with Gasteiger partial charge in [-0.3, -0.25) is 19.1 Å². The molecule has 4 rings (SSSR count). The highest BCUT2D eigenvalue weighted by atomic mass is 16.5. The largest absolute Gasteiger partial charge is 0.497 e. The van der Waals surface area contributed by atoms with Crippen LogP contribution in [0.25, 0.3) is 11.2 Å². The van der Waals surface area contributed by atoms with Crippen LogP contribution in [0.1, 0.15) is 11.6 Å². The van der Waals surface area contributed by atoms with Crippen molar-refractivity contribution < 1.29 is 14.3 Å². The third-order valence-corrected chi connectivity index (χ3v) is 5.98. The minimum absolute atomic E-state index is 0.0807. The predicted octanol–water partition coefficient (Wildman–Crippen LogP) is -0.368. The Balaban J connectivity index is 1.53. The molecule has 1 fully saturated rings. The van der Waals surface area contributed by atoms with E-state index in [1.807, 2.05) is 24.3 Å². The fourth-order valence-corrected chi connectivity index (χ4v) is 4.12. The molecule has 1 amide bonds. The smallest absolute Gasteiger partial charge is 0.332 e. The van der Waals surface area contributed by atoms with E-state index in [1.54, 1.807) is 18.7 Å². The number of carbonyl (C=O) groups excluding carboxylic acids is 1. The molecule has 11 nitrogen and oxygen atoms in total. The summed E-state index contributed by atoms with van der Waals surface area (Å²) in [5.41, 5.74) is 0.470. The van der Waals surface area contributed by atoms with Crippen LogP contribution in [0.15, 0.2) is 40.2 Å². The van der Waals surface area contributed by atoms with Gasteiger partial charge in [0.2, 0.25) is 5.91 Å². The van der Waals surface area contributed by atoms with E-state index in [0.29, 0.717) is 19.8 Å². The van der Waals surface area contributed by atoms with Crippen LogP contribution in [0, 0.1) is 0 Å². The van der Waals surface area contributed by atoms with Gasteiger partial charge >= 0.3 is 5.69 Å². The lowest BCUT2D eigenvalue weighted by Gasteiger charge is -2.35. The lowest BCUT2D eigenvalue weighted by molar-refractivity contribution is -0.122. The Hall–Kier alpha value is -3.44. The van der Waals surface area contributed by atoms with Crippen LogP contribution in [0.2, 0.25) is 0 Å². The third-order valence-electron chi connectivity index (χ3n) is 5.98. The number of fused-ring (bicyclic) bond motifs is 1. The first-order valence-electron chi connectivity index (χ1n) is 10.7. The Morgan fingerprint density at radius 3 is 2.55 bits per heavy atom. The molecule has 1 atom stereocenters. The minimum Gasteiger partial charge on any atom is -0.497 e. The van der Waals surface area contributed by atoms with Gasteiger partial charge in [0.25, 0.3) is 5.56 Å². The Bertz CT molecular complexity index is 1250. The van der Waals surface area contributed by atoms with Gasteiger partial charge in [-0.2, -0.15) is 0 Å². The number of rotatable bonds is 7. The number of aromatic nitrogens is 4. The summed E-state index contributed by atoms with van der Waals surface area (Å²) in [5.74, 6) is 0.340. The fourth-order valence-electron chi connectivity index (χ4n) is 4.12. The van der Waals surface area contributed by atoms with Crippen LogP contribution < -0.4 is 21.3 Å². The molecular weight excluding hydrogens is 428 g/mol. The summed E-state index contributed by atoms with van der Waals surface area (Å²) in [4.78, 5) is 44.7. The minimum atomic E-state index is -0.582. The van der Waals surface area contributed by atoms with Gasteiger partial charge in [-0.05, 0) is 17.7 Å². The number of hydrogen-bond donors (Lipinski definition) is 1. The second-order valence-corrected chi connectivity index (χ2v) is 8.00. The lowest BCUT2D eigenvalue weighted by Crippen LogP contribution is -2.46. The van der Waals surface area contributed by atoms with Crippen LogP contribution in [-0.2, 0) is 30.2 Å². The molecule has 0 spiro atoms. The first-order chi connectivity index (χ1) is 15.9. The predicted molar refractivity (Wildman–Crippen MR) is 121 cm³/mol. The summed E-state index contributed by atoms with van der Waals surface area (Å²) < 4.78 is 14.5. The SMILES string of the molecule is COc1ccc(C(CNC(=O)Cn2c(=O)c3c(ncn3C)n(C)c2=O)N2CCOCC2)cc1. The number of morpholine rings is 1. The monoisotopic (exact) mass is 456 g/mol. The molecule has 3 aromatic rings. The van der Waals surface area contributed by atoms with Crippen LogP contribution in [-0.4, -0.2) is 69.5 Å². The number of amides is 1. The normalized spacial score (nSPS) is 15.5. The molecule has 0 saturated carbocycles. The maximum absolute atomic E-state index is 12.9. The summed E-state index contributed by atoms with van der Waals surface area (Å²) in [6, 6.07) is 7.64. The quantitative estimate of drug-likeness (QED) is 0.516. The molecule has 0 radical (unpaired) electrons. The molecule has 11 heteroatoms. The van der Waals surface area contributed by atoms with Crippen molar-refractivity contribution >= 4 is 17.1 Å². The van der Waals surface area contributed by atoms with E-state index in [2.05, 4.69) is 15.2 Å². The summed E-state index contributed by atoms with van der Waals surface area (Å²) >= 11 is 0. The van der Waals surface area contributed by atoms with E-state index in [4.69, 9.17) is 9.47 Å². The van der Waals surface area contributed by atoms with Gasteiger partial charge in [0.15, 0.2) is 11.2 Å². The number of methoxy groups -OCH3 is 1. The number of nitrogens with zero attached hydrogens (tertiary/aromatic N) is 5. The van der Waals surface area contributed by atoms with Gasteiger partial charge in [0, 0.05) is 33.7 Å². The zero-order chi connectivity index (χ0) is 23.5. The number of aryl methyl sites for hydroxylation is 2. The van der Waals surface area contributed by atoms with E-state index in [-0.39, 0.29) is 23.8 Å². The van der Waals surface area contributed by atoms with Crippen molar-refractivity contribution in [2.24, 2.45) is 14.1 Å². The van der Waals surface area contributed by atoms with Crippen LogP contribution in [0.5, 0.6) is 5.75 Å². The van der Waals surface area contributed by atoms with Gasteiger partial charge in [-0.15, -0.1) is 0 Å². The van der Waals surface area contributed by atoms with Gasteiger partial charge in [0.05, 0.1) is 32.7 Å². The second kappa shape index (κ2) is 9.59. The highest BCUT2D eigenvalue weighted by Crippen LogP contribution is 2.23. The molecule has 176 valence electrons. The molecule has 1 saturated heterocycles. The zero-order valence-electron chi connectivity index (χ0n) is 19.0. The molecule has 1 aliphatic rings. The van der Waals surface area contributed by atoms with E-state index in [9.17, 15) is 14.4 Å². The second-order valence-electron chi connectivity index (χ2n) is 8.00. The Labute approximate surface area is 190 Å². The van der Waals surface area contributed by atoms with Crippen molar-refractivity contribution in [2.75, 3.05) is 40.0 Å². The number of nitrogens with one attached hydrogen (secondary N) is 1. The van der Waals surface area contributed by atoms with Gasteiger partial charge in [-0.25, -0.2) is 14.3 Å². The molecule has 0 bridgehead atoms. The first kappa shape index (κ1) is 22.7. The summed E-state index contributed by atoms with van der Waals surface area (Å²) in [7, 11) is 4.82. The summed E-state index contributed by atoms with van der Waals surface area (Å²) in [6.07, 6.45) is 1.47. The number of carbonyl (C=O) groups is 1. The van der Waals surface area contributed by atoms with Crippen molar-refractivity contribution in [3.05, 3.63) is 57.0 Å². The van der Waals surface area contributed by atoms with Gasteiger partial charge < -0.3 is 19.4 Å². The third kappa shape index (κ3) is 4.55. The van der Waals surface area contributed by atoms with Gasteiger partial charge in [0.1, 0.15) is 12.3 Å². The van der Waals surface area contributed by atoms with E-state index in [1.165, 1.54) is 17.9 Å². The van der Waals surface area contributed by atoms with Crippen LogP contribution in [0.3, 0.4) is 0 Å². The Kier molecular flexibility index (Phi) is 6.61. The highest BCUT2D eigenvalue weighted by molar-refractivity contribution is 5.76. The first-order valence-corrected chi connectivity index (χ1v) is 10.7. The standard InChI is InChI=1S/C22H28N6O5/c1-25-14-24-20-19(25)21(30)28(22(31)26(20)2)13-18(29)23-12-17(27-8-10-33-11-9-27)15-4-6-16(32-3)7-5-15/h4-7,14,17H,8-13H2,1-3H3,(H,23,29). The summed E-state index contributed by atoms with van der Waals surface area (Å²) in [6.45, 7) is 2.68. The van der Waals surface area contributed by atoms with E-state index >= 15 is 0 Å². The number of benzene rings is 1. The lowest BCUT2D eigenvalue weighted by atomic mass is 10.0. The van der Waals surface area contributed by atoms with Crippen molar-refractivity contribution in [1.82, 2.24) is 28.9 Å². The molecule has 3 heterocycles. The zero-order valence-corrected chi connectivity index (χ0v) is 19.0. The molecule has 33 heavy (non-hydrogen) atoms. The maximum Gasteiger partial charge on any atom is 0.332 e. The Morgan fingerprint density at radius 1 is 1.18 bits per heavy atom. The maximum atomic E-state index is 12.9. The molecule has 2 aromatic heterocycles. The molecule has 0 aliphatic carbocycles. The summed E-state index contributed by atoms with van der Waals surface area (Å²) in [5, 5.41) is 2.90. The highest BCUT2D eigenvalue weighted by Gasteiger charge is 2.24. The number of hydrogen-bond acceptors (Lipinski definition) is 7. The fraction of sp³-hybridized carbons (Fsp3) is 0.455. The number of ether oxygens (including phenoxy) is 2. The van der Waals surface area contributed by atoms with Crippen molar-refractivity contribution in [2.45, 2.75) is 12.6 Å². The van der Waals surface area contributed by atoms with Crippen LogP contribution in [0.4, 0.5) is 0 Å². The van der Waals surface area contributed by atoms with Gasteiger partial charge in [-0.1, -0.05) is 12.1 Å². The molecule has 1 N–H and O–H groups in total. The number of imidazole rings is 1. The molecule has 1 aromatic carbocycles. The topological polar surface area (TPSA) is 113 Å².